The minimum atomic E-state index is -2.50. The van der Waals surface area contributed by atoms with Gasteiger partial charge in [-0.15, -0.1) is 0 Å². The topological polar surface area (TPSA) is 73.4 Å². The lowest BCUT2D eigenvalue weighted by atomic mass is 10.0. The van der Waals surface area contributed by atoms with Gasteiger partial charge in [-0.05, 0) is 36.8 Å². The molecule has 1 N–H and O–H groups in total. The van der Waals surface area contributed by atoms with E-state index in [1.165, 1.54) is 30.4 Å². The molecule has 0 radical (unpaired) electrons. The summed E-state index contributed by atoms with van der Waals surface area (Å²) in [7, 11) is 1.53. The number of methoxy groups -OCH3 is 1. The summed E-state index contributed by atoms with van der Waals surface area (Å²) in [5, 5.41) is 11.1. The summed E-state index contributed by atoms with van der Waals surface area (Å²) in [5.41, 5.74) is 3.75. The molecule has 4 aromatic rings. The molecular formula is C21H19F2N5O2. The summed E-state index contributed by atoms with van der Waals surface area (Å²) < 4.78 is 33.5. The Labute approximate surface area is 170 Å². The van der Waals surface area contributed by atoms with Crippen molar-refractivity contribution >= 4 is 17.1 Å². The van der Waals surface area contributed by atoms with Gasteiger partial charge in [0, 0.05) is 29.2 Å². The number of benzene rings is 1. The number of alkyl halides is 2. The minimum Gasteiger partial charge on any atom is -0.496 e. The number of amides is 1. The van der Waals surface area contributed by atoms with Crippen molar-refractivity contribution in [3.63, 3.8) is 0 Å². The van der Waals surface area contributed by atoms with Crippen LogP contribution in [0.4, 0.5) is 14.5 Å². The van der Waals surface area contributed by atoms with E-state index in [-0.39, 0.29) is 5.91 Å². The first-order valence-electron chi connectivity index (χ1n) is 9.19. The average Bonchev–Trinajstić information content (AvgIpc) is 3.35. The lowest BCUT2D eigenvalue weighted by Crippen LogP contribution is -2.13. The van der Waals surface area contributed by atoms with E-state index >= 15 is 0 Å². The smallest absolute Gasteiger partial charge is 0.259 e. The first kappa shape index (κ1) is 19.6. The number of ether oxygens (including phenoxy) is 1. The average molecular weight is 411 g/mol. The van der Waals surface area contributed by atoms with E-state index in [0.29, 0.717) is 33.6 Å². The Morgan fingerprint density at radius 2 is 2.07 bits per heavy atom. The van der Waals surface area contributed by atoms with Crippen molar-refractivity contribution in [2.45, 2.75) is 19.9 Å². The molecule has 0 atom stereocenters. The van der Waals surface area contributed by atoms with Crippen LogP contribution in [0.2, 0.25) is 0 Å². The Morgan fingerprint density at radius 1 is 1.23 bits per heavy atom. The van der Waals surface area contributed by atoms with Crippen LogP contribution < -0.4 is 10.1 Å². The van der Waals surface area contributed by atoms with Gasteiger partial charge in [0.15, 0.2) is 0 Å². The lowest BCUT2D eigenvalue weighted by molar-refractivity contribution is 0.102. The summed E-state index contributed by atoms with van der Waals surface area (Å²) in [6.07, 6.45) is 3.79. The van der Waals surface area contributed by atoms with Gasteiger partial charge in [-0.3, -0.25) is 9.48 Å². The monoisotopic (exact) mass is 411 g/mol. The summed E-state index contributed by atoms with van der Waals surface area (Å²) in [6, 6.07) is 9.01. The normalized spacial score (nSPS) is 11.2. The SMILES string of the molecule is COc1cc(C)c(NC(=O)c2cnn3ccccc23)cc1-c1cnn(CC(F)F)c1. The molecule has 0 spiro atoms. The van der Waals surface area contributed by atoms with Gasteiger partial charge in [-0.2, -0.15) is 10.2 Å². The first-order chi connectivity index (χ1) is 14.5. The number of hydrogen-bond acceptors (Lipinski definition) is 4. The van der Waals surface area contributed by atoms with Gasteiger partial charge < -0.3 is 10.1 Å². The predicted octanol–water partition coefficient (Wildman–Crippen LogP) is 4.03. The number of fused-ring (bicyclic) bond motifs is 1. The molecule has 3 heterocycles. The molecule has 0 bridgehead atoms. The van der Waals surface area contributed by atoms with E-state index in [1.54, 1.807) is 22.8 Å². The number of hydrogen-bond donors (Lipinski definition) is 1. The van der Waals surface area contributed by atoms with Crippen LogP contribution in [0.3, 0.4) is 0 Å². The third-order valence-electron chi connectivity index (χ3n) is 4.74. The Kier molecular flexibility index (Phi) is 5.18. The molecular weight excluding hydrogens is 392 g/mol. The number of aromatic nitrogens is 4. The maximum absolute atomic E-state index is 12.9. The van der Waals surface area contributed by atoms with Crippen LogP contribution in [0.25, 0.3) is 16.6 Å². The highest BCUT2D eigenvalue weighted by Crippen LogP contribution is 2.35. The predicted molar refractivity (Wildman–Crippen MR) is 108 cm³/mol. The second kappa shape index (κ2) is 7.94. The standard InChI is InChI=1S/C21H19F2N5O2/c1-13-7-19(30-2)15(14-9-24-27(11-14)12-20(22)23)8-17(13)26-21(29)16-10-25-28-6-4-3-5-18(16)28/h3-11,20H,12H2,1-2H3,(H,26,29). The van der Waals surface area contributed by atoms with Gasteiger partial charge in [0.1, 0.15) is 12.3 Å². The van der Waals surface area contributed by atoms with Gasteiger partial charge in [-0.1, -0.05) is 6.07 Å². The molecule has 0 aliphatic heterocycles. The second-order valence-electron chi connectivity index (χ2n) is 6.75. The lowest BCUT2D eigenvalue weighted by Gasteiger charge is -2.14. The zero-order chi connectivity index (χ0) is 21.3. The van der Waals surface area contributed by atoms with Gasteiger partial charge in [0.25, 0.3) is 12.3 Å². The largest absolute Gasteiger partial charge is 0.496 e. The number of pyridine rings is 1. The molecule has 0 unspecified atom stereocenters. The van der Waals surface area contributed by atoms with Crippen LogP contribution in [0.15, 0.2) is 55.1 Å². The second-order valence-corrected chi connectivity index (χ2v) is 6.75. The Balaban J connectivity index is 1.67. The van der Waals surface area contributed by atoms with E-state index in [9.17, 15) is 13.6 Å². The fraction of sp³-hybridized carbons (Fsp3) is 0.190. The summed E-state index contributed by atoms with van der Waals surface area (Å²) >= 11 is 0. The number of aryl methyl sites for hydroxylation is 1. The molecule has 1 aromatic carbocycles. The molecule has 1 amide bonds. The molecule has 30 heavy (non-hydrogen) atoms. The number of carbonyl (C=O) groups excluding carboxylic acids is 1. The highest BCUT2D eigenvalue weighted by Gasteiger charge is 2.17. The van der Waals surface area contributed by atoms with Crippen molar-refractivity contribution in [2.75, 3.05) is 12.4 Å². The van der Waals surface area contributed by atoms with Crippen molar-refractivity contribution in [1.82, 2.24) is 19.4 Å². The molecule has 9 heteroatoms. The molecule has 7 nitrogen and oxygen atoms in total. The van der Waals surface area contributed by atoms with E-state index in [1.807, 2.05) is 25.1 Å². The molecule has 0 saturated heterocycles. The fourth-order valence-corrected chi connectivity index (χ4v) is 3.25. The molecule has 0 aliphatic rings. The van der Waals surface area contributed by atoms with Crippen LogP contribution in [0, 0.1) is 6.92 Å². The van der Waals surface area contributed by atoms with Crippen LogP contribution in [0.1, 0.15) is 15.9 Å². The van der Waals surface area contributed by atoms with Crippen LogP contribution in [-0.2, 0) is 6.54 Å². The quantitative estimate of drug-likeness (QED) is 0.520. The molecule has 0 saturated carbocycles. The molecule has 0 fully saturated rings. The van der Waals surface area contributed by atoms with Gasteiger partial charge in [0.05, 0.1) is 30.6 Å². The number of nitrogens with one attached hydrogen (secondary N) is 1. The maximum atomic E-state index is 12.9. The highest BCUT2D eigenvalue weighted by atomic mass is 19.3. The van der Waals surface area contributed by atoms with Crippen molar-refractivity contribution < 1.29 is 18.3 Å². The van der Waals surface area contributed by atoms with E-state index in [4.69, 9.17) is 4.74 Å². The number of carbonyl (C=O) groups is 1. The molecule has 0 aliphatic carbocycles. The van der Waals surface area contributed by atoms with Gasteiger partial charge >= 0.3 is 0 Å². The van der Waals surface area contributed by atoms with Crippen molar-refractivity contribution in [3.05, 3.63) is 66.2 Å². The summed E-state index contributed by atoms with van der Waals surface area (Å²) in [5.74, 6) is 0.252. The zero-order valence-electron chi connectivity index (χ0n) is 16.3. The molecule has 154 valence electrons. The van der Waals surface area contributed by atoms with Gasteiger partial charge in [0.2, 0.25) is 0 Å². The van der Waals surface area contributed by atoms with Crippen LogP contribution in [-0.4, -0.2) is 38.8 Å². The minimum absolute atomic E-state index is 0.302. The Morgan fingerprint density at radius 3 is 2.83 bits per heavy atom. The van der Waals surface area contributed by atoms with Crippen LogP contribution >= 0.6 is 0 Å². The first-order valence-corrected chi connectivity index (χ1v) is 9.19. The van der Waals surface area contributed by atoms with Crippen molar-refractivity contribution in [2.24, 2.45) is 0 Å². The number of nitrogens with zero attached hydrogens (tertiary/aromatic N) is 4. The van der Waals surface area contributed by atoms with Gasteiger partial charge in [-0.25, -0.2) is 13.3 Å². The fourth-order valence-electron chi connectivity index (χ4n) is 3.25. The molecule has 3 aromatic heterocycles. The van der Waals surface area contributed by atoms with Crippen molar-refractivity contribution in [3.8, 4) is 16.9 Å². The van der Waals surface area contributed by atoms with Crippen molar-refractivity contribution in [1.29, 1.82) is 0 Å². The Hall–Kier alpha value is -3.75. The summed E-state index contributed by atoms with van der Waals surface area (Å²) in [4.78, 5) is 12.9. The number of anilines is 1. The van der Waals surface area contributed by atoms with Crippen LogP contribution in [0.5, 0.6) is 5.75 Å². The highest BCUT2D eigenvalue weighted by molar-refractivity contribution is 6.09. The zero-order valence-corrected chi connectivity index (χ0v) is 16.3. The van der Waals surface area contributed by atoms with E-state index in [0.717, 1.165) is 5.56 Å². The number of halogens is 2. The maximum Gasteiger partial charge on any atom is 0.259 e. The van der Waals surface area contributed by atoms with E-state index < -0.39 is 13.0 Å². The third kappa shape index (κ3) is 3.73. The third-order valence-corrected chi connectivity index (χ3v) is 4.74. The molecule has 4 rings (SSSR count). The summed E-state index contributed by atoms with van der Waals surface area (Å²) in [6.45, 7) is 1.35. The Bertz CT molecular complexity index is 1220. The van der Waals surface area contributed by atoms with E-state index in [2.05, 4.69) is 15.5 Å². The number of rotatable bonds is 6.